The molecular formula is C19H22NO4S2+. The van der Waals surface area contributed by atoms with Crippen LogP contribution in [-0.2, 0) is 19.9 Å². The van der Waals surface area contributed by atoms with Crippen molar-refractivity contribution in [3.8, 4) is 0 Å². The predicted octanol–water partition coefficient (Wildman–Crippen LogP) is 2.35. The van der Waals surface area contributed by atoms with E-state index < -0.39 is 17.2 Å². The first kappa shape index (κ1) is 16.9. The number of ether oxygens (including phenoxy) is 2. The number of esters is 1. The quantitative estimate of drug-likeness (QED) is 0.493. The lowest BCUT2D eigenvalue weighted by Crippen LogP contribution is -2.56. The third-order valence-electron chi connectivity index (χ3n) is 6.44. The van der Waals surface area contributed by atoms with Crippen molar-refractivity contribution >= 4 is 28.6 Å². The van der Waals surface area contributed by atoms with Crippen molar-refractivity contribution in [1.82, 2.24) is 0 Å². The normalized spacial score (nSPS) is 36.8. The van der Waals surface area contributed by atoms with Gasteiger partial charge in [0.05, 0.1) is 23.8 Å². The summed E-state index contributed by atoms with van der Waals surface area (Å²) in [5.41, 5.74) is -2.39. The van der Waals surface area contributed by atoms with E-state index in [-0.39, 0.29) is 12.1 Å². The summed E-state index contributed by atoms with van der Waals surface area (Å²) in [5.74, 6) is -0.588. The second-order valence-corrected chi connectivity index (χ2v) is 10.2. The number of hydrogen-bond donors (Lipinski definition) is 1. The van der Waals surface area contributed by atoms with Gasteiger partial charge in [-0.1, -0.05) is 12.1 Å². The Labute approximate surface area is 160 Å². The van der Waals surface area contributed by atoms with Gasteiger partial charge in [0.1, 0.15) is 18.2 Å². The zero-order chi connectivity index (χ0) is 18.3. The maximum Gasteiger partial charge on any atom is 0.350 e. The number of nitrogens with zero attached hydrogens (tertiary/aromatic N) is 1. The number of thiophene rings is 2. The lowest BCUT2D eigenvalue weighted by molar-refractivity contribution is -0.921. The second kappa shape index (κ2) is 5.17. The second-order valence-electron chi connectivity index (χ2n) is 8.28. The Balaban J connectivity index is 1.49. The molecule has 0 saturated carbocycles. The molecule has 7 heteroatoms. The number of epoxide rings is 1. The zero-order valence-corrected chi connectivity index (χ0v) is 16.5. The molecule has 0 aromatic carbocycles. The molecule has 5 heterocycles. The molecule has 3 aliphatic heterocycles. The number of quaternary nitrogens is 1. The smallest absolute Gasteiger partial charge is 0.350 e. The van der Waals surface area contributed by atoms with Gasteiger partial charge in [0.15, 0.2) is 11.6 Å². The van der Waals surface area contributed by atoms with Crippen molar-refractivity contribution in [1.29, 1.82) is 0 Å². The van der Waals surface area contributed by atoms with E-state index in [1.54, 1.807) is 12.1 Å². The minimum absolute atomic E-state index is 0.109. The fourth-order valence-corrected chi connectivity index (χ4v) is 7.00. The Bertz CT molecular complexity index is 813. The predicted molar refractivity (Wildman–Crippen MR) is 99.1 cm³/mol. The van der Waals surface area contributed by atoms with E-state index in [1.165, 1.54) is 22.7 Å². The third kappa shape index (κ3) is 2.03. The highest BCUT2D eigenvalue weighted by atomic mass is 32.1. The van der Waals surface area contributed by atoms with E-state index in [2.05, 4.69) is 14.1 Å². The van der Waals surface area contributed by atoms with Gasteiger partial charge in [-0.05, 0) is 29.8 Å². The molecule has 5 atom stereocenters. The van der Waals surface area contributed by atoms with Crippen LogP contribution in [-0.4, -0.2) is 59.5 Å². The first-order chi connectivity index (χ1) is 12.3. The molecule has 4 unspecified atom stereocenters. The maximum atomic E-state index is 13.3. The van der Waals surface area contributed by atoms with Crippen LogP contribution in [0.4, 0.5) is 0 Å². The van der Waals surface area contributed by atoms with Gasteiger partial charge in [-0.25, -0.2) is 4.79 Å². The molecule has 3 aliphatic rings. The molecule has 5 rings (SSSR count). The minimum Gasteiger partial charge on any atom is -0.450 e. The molecule has 3 fully saturated rings. The first-order valence-electron chi connectivity index (χ1n) is 8.81. The van der Waals surface area contributed by atoms with Crippen molar-refractivity contribution < 1.29 is 23.9 Å². The molecule has 2 aromatic heterocycles. The molecule has 2 aromatic rings. The van der Waals surface area contributed by atoms with Crippen LogP contribution in [0.1, 0.15) is 23.1 Å². The summed E-state index contributed by atoms with van der Waals surface area (Å²) in [5, 5.41) is 15.2. The van der Waals surface area contributed by atoms with E-state index in [1.807, 2.05) is 29.8 Å². The summed E-state index contributed by atoms with van der Waals surface area (Å²) in [6, 6.07) is 7.71. The van der Waals surface area contributed by atoms with Crippen LogP contribution in [0.25, 0.3) is 0 Å². The van der Waals surface area contributed by atoms with Gasteiger partial charge in [-0.15, -0.1) is 22.7 Å². The average molecular weight is 393 g/mol. The molecule has 3 saturated heterocycles. The number of aliphatic hydroxyl groups is 1. The molecule has 0 spiro atoms. The molecule has 5 nitrogen and oxygen atoms in total. The first-order valence-corrected chi connectivity index (χ1v) is 10.6. The molecule has 2 bridgehead atoms. The topological polar surface area (TPSA) is 59.1 Å². The van der Waals surface area contributed by atoms with Gasteiger partial charge in [0.25, 0.3) is 0 Å². The highest BCUT2D eigenvalue weighted by Gasteiger charge is 2.80. The Morgan fingerprint density at radius 3 is 2.35 bits per heavy atom. The van der Waals surface area contributed by atoms with E-state index >= 15 is 0 Å². The molecule has 0 radical (unpaired) electrons. The molecule has 138 valence electrons. The van der Waals surface area contributed by atoms with Crippen LogP contribution in [0.3, 0.4) is 0 Å². The third-order valence-corrected chi connectivity index (χ3v) is 8.40. The number of rotatable bonds is 4. The average Bonchev–Trinajstić information content (AvgIpc) is 3.02. The van der Waals surface area contributed by atoms with Crippen molar-refractivity contribution in [3.05, 3.63) is 44.8 Å². The maximum absolute atomic E-state index is 13.3. The van der Waals surface area contributed by atoms with Crippen molar-refractivity contribution in [2.24, 2.45) is 0 Å². The summed E-state index contributed by atoms with van der Waals surface area (Å²) in [7, 11) is 4.38. The fourth-order valence-electron chi connectivity index (χ4n) is 5.28. The Morgan fingerprint density at radius 2 is 1.88 bits per heavy atom. The standard InChI is InChI=1S/C19H22NO4S2/c1-18(10-11-14-15(23-14)16(18)20(11,2)3)24-17(21)19(22,12-6-4-8-25-12)13-7-5-9-26-13/h4-9,11,14-16,22H,10H2,1-3H3/q+1/t11?,14?,15?,16?,18-/m1/s1. The number of carbonyl (C=O) groups is 1. The van der Waals surface area contributed by atoms with E-state index in [0.717, 1.165) is 10.9 Å². The lowest BCUT2D eigenvalue weighted by atomic mass is 9.85. The number of morpholine rings is 1. The highest BCUT2D eigenvalue weighted by molar-refractivity contribution is 7.12. The van der Waals surface area contributed by atoms with Crippen LogP contribution >= 0.6 is 22.7 Å². The molecule has 0 aliphatic carbocycles. The van der Waals surface area contributed by atoms with Crippen LogP contribution in [0, 0.1) is 0 Å². The highest BCUT2D eigenvalue weighted by Crippen LogP contribution is 2.58. The van der Waals surface area contributed by atoms with Gasteiger partial charge in [-0.3, -0.25) is 0 Å². The number of hydrogen-bond acceptors (Lipinski definition) is 6. The summed E-state index contributed by atoms with van der Waals surface area (Å²) < 4.78 is 12.7. The van der Waals surface area contributed by atoms with Crippen molar-refractivity contribution in [3.63, 3.8) is 0 Å². The zero-order valence-electron chi connectivity index (χ0n) is 14.9. The van der Waals surface area contributed by atoms with Crippen molar-refractivity contribution in [2.75, 3.05) is 14.1 Å². The molecular weight excluding hydrogens is 370 g/mol. The van der Waals surface area contributed by atoms with Crippen molar-refractivity contribution in [2.45, 2.75) is 48.8 Å². The summed E-state index contributed by atoms with van der Waals surface area (Å²) in [4.78, 5) is 14.5. The van der Waals surface area contributed by atoms with Crippen LogP contribution in [0.2, 0.25) is 0 Å². The largest absolute Gasteiger partial charge is 0.450 e. The minimum atomic E-state index is -1.76. The van der Waals surface area contributed by atoms with E-state index in [9.17, 15) is 9.90 Å². The van der Waals surface area contributed by atoms with Gasteiger partial charge in [0.2, 0.25) is 5.60 Å². The van der Waals surface area contributed by atoms with Gasteiger partial charge in [0, 0.05) is 6.42 Å². The lowest BCUT2D eigenvalue weighted by Gasteiger charge is -2.37. The summed E-state index contributed by atoms with van der Waals surface area (Å²) in [6.07, 6.45) is 1.23. The Kier molecular flexibility index (Phi) is 3.36. The SMILES string of the molecule is C[C@@]1(OC(=O)C(O)(c2cccs2)c2cccs2)CC2C3OC3C1[N+]2(C)C. The van der Waals surface area contributed by atoms with Gasteiger partial charge >= 0.3 is 5.97 Å². The van der Waals surface area contributed by atoms with Crippen LogP contribution in [0.5, 0.6) is 0 Å². The van der Waals surface area contributed by atoms with Crippen LogP contribution in [0.15, 0.2) is 35.0 Å². The summed E-state index contributed by atoms with van der Waals surface area (Å²) in [6.45, 7) is 2.00. The van der Waals surface area contributed by atoms with Crippen LogP contribution < -0.4 is 0 Å². The number of fused-ring (bicyclic) bond motifs is 5. The molecule has 1 N–H and O–H groups in total. The van der Waals surface area contributed by atoms with E-state index in [4.69, 9.17) is 9.47 Å². The fraction of sp³-hybridized carbons (Fsp3) is 0.526. The number of carbonyl (C=O) groups excluding carboxylic acids is 1. The number of likely N-dealkylation sites (N-methyl/N-ethyl adjacent to an activating group) is 1. The van der Waals surface area contributed by atoms with Gasteiger partial charge < -0.3 is 19.1 Å². The monoisotopic (exact) mass is 392 g/mol. The molecule has 0 amide bonds. The summed E-state index contributed by atoms with van der Waals surface area (Å²) >= 11 is 2.73. The van der Waals surface area contributed by atoms with Gasteiger partial charge in [-0.2, -0.15) is 0 Å². The Hall–Kier alpha value is -1.25. The molecule has 26 heavy (non-hydrogen) atoms. The van der Waals surface area contributed by atoms with E-state index in [0.29, 0.717) is 21.9 Å². The Morgan fingerprint density at radius 1 is 1.27 bits per heavy atom.